The third-order valence-corrected chi connectivity index (χ3v) is 5.96. The van der Waals surface area contributed by atoms with E-state index in [0.717, 1.165) is 25.2 Å². The molecule has 0 unspecified atom stereocenters. The molecule has 166 valence electrons. The topological polar surface area (TPSA) is 73.0 Å². The number of hydrogen-bond acceptors (Lipinski definition) is 5. The number of hydrogen-bond donors (Lipinski definition) is 1. The number of nitrogens with zero attached hydrogens (tertiary/aromatic N) is 3. The van der Waals surface area contributed by atoms with Crippen LogP contribution >= 0.6 is 0 Å². The average molecular weight is 433 g/mol. The maximum atomic E-state index is 13.5. The number of carbonyl (C=O) groups is 3. The van der Waals surface area contributed by atoms with Crippen molar-refractivity contribution in [2.24, 2.45) is 0 Å². The highest BCUT2D eigenvalue weighted by Crippen LogP contribution is 2.33. The van der Waals surface area contributed by atoms with Gasteiger partial charge in [-0.05, 0) is 29.8 Å². The second-order valence-electron chi connectivity index (χ2n) is 8.09. The van der Waals surface area contributed by atoms with E-state index in [1.54, 1.807) is 24.3 Å². The number of benzene rings is 2. The molecular formula is C25H28N4O3. The Morgan fingerprint density at radius 1 is 0.906 bits per heavy atom. The summed E-state index contributed by atoms with van der Waals surface area (Å²) in [6, 6.07) is 16.7. The summed E-state index contributed by atoms with van der Waals surface area (Å²) >= 11 is 0. The van der Waals surface area contributed by atoms with Gasteiger partial charge in [0, 0.05) is 38.8 Å². The summed E-state index contributed by atoms with van der Waals surface area (Å²) in [5.74, 6) is -0.684. The van der Waals surface area contributed by atoms with Gasteiger partial charge < -0.3 is 15.1 Å². The number of carbonyl (C=O) groups excluding carboxylic acids is 3. The molecule has 0 aliphatic carbocycles. The molecule has 1 N–H and O–H groups in total. The van der Waals surface area contributed by atoms with Crippen LogP contribution in [0.2, 0.25) is 0 Å². The zero-order valence-electron chi connectivity index (χ0n) is 18.5. The van der Waals surface area contributed by atoms with Gasteiger partial charge in [-0.3, -0.25) is 19.3 Å². The number of anilines is 1. The van der Waals surface area contributed by atoms with Crippen molar-refractivity contribution >= 4 is 29.0 Å². The molecular weight excluding hydrogens is 404 g/mol. The number of likely N-dealkylation sites (N-methyl/N-ethyl adjacent to an activating group) is 1. The van der Waals surface area contributed by atoms with Crippen LogP contribution in [0.3, 0.4) is 0 Å². The van der Waals surface area contributed by atoms with E-state index in [-0.39, 0.29) is 24.3 Å². The van der Waals surface area contributed by atoms with Crippen LogP contribution in [0.1, 0.15) is 25.0 Å². The van der Waals surface area contributed by atoms with E-state index in [4.69, 9.17) is 0 Å². The highest BCUT2D eigenvalue weighted by atomic mass is 16.2. The Balaban J connectivity index is 1.68. The molecule has 0 saturated carbocycles. The summed E-state index contributed by atoms with van der Waals surface area (Å²) in [7, 11) is 0. The molecule has 7 nitrogen and oxygen atoms in total. The zero-order chi connectivity index (χ0) is 22.7. The zero-order valence-corrected chi connectivity index (χ0v) is 18.5. The van der Waals surface area contributed by atoms with Crippen LogP contribution in [0, 0.1) is 0 Å². The molecule has 2 aromatic carbocycles. The summed E-state index contributed by atoms with van der Waals surface area (Å²) in [6.45, 7) is 7.91. The monoisotopic (exact) mass is 432 g/mol. The average Bonchev–Trinajstić information content (AvgIpc) is 3.05. The van der Waals surface area contributed by atoms with E-state index in [2.05, 4.69) is 22.0 Å². The lowest BCUT2D eigenvalue weighted by Crippen LogP contribution is -2.47. The Hall–Kier alpha value is -3.45. The van der Waals surface area contributed by atoms with E-state index in [1.807, 2.05) is 30.3 Å². The van der Waals surface area contributed by atoms with E-state index in [0.29, 0.717) is 35.6 Å². The van der Waals surface area contributed by atoms with Gasteiger partial charge in [-0.15, -0.1) is 0 Å². The molecule has 3 amide bonds. The van der Waals surface area contributed by atoms with Crippen LogP contribution in [-0.4, -0.2) is 65.1 Å². The Labute approximate surface area is 188 Å². The van der Waals surface area contributed by atoms with Gasteiger partial charge in [0.1, 0.15) is 5.70 Å². The third-order valence-electron chi connectivity index (χ3n) is 5.96. The van der Waals surface area contributed by atoms with Gasteiger partial charge in [-0.2, -0.15) is 0 Å². The van der Waals surface area contributed by atoms with Crippen molar-refractivity contribution in [2.75, 3.05) is 38.0 Å². The number of amides is 3. The molecule has 2 heterocycles. The van der Waals surface area contributed by atoms with E-state index >= 15 is 0 Å². The Bertz CT molecular complexity index is 1040. The molecule has 0 radical (unpaired) electrons. The van der Waals surface area contributed by atoms with Crippen LogP contribution in [0.15, 0.2) is 60.3 Å². The largest absolute Gasteiger partial charge is 0.364 e. The molecule has 1 saturated heterocycles. The van der Waals surface area contributed by atoms with Gasteiger partial charge in [0.15, 0.2) is 0 Å². The smallest absolute Gasteiger partial charge is 0.278 e. The van der Waals surface area contributed by atoms with E-state index in [9.17, 15) is 14.4 Å². The maximum Gasteiger partial charge on any atom is 0.278 e. The molecule has 4 rings (SSSR count). The molecule has 0 aromatic heterocycles. The molecule has 0 spiro atoms. The van der Waals surface area contributed by atoms with Crippen LogP contribution in [0.25, 0.3) is 5.57 Å². The summed E-state index contributed by atoms with van der Waals surface area (Å²) in [4.78, 5) is 44.1. The minimum atomic E-state index is -0.279. The summed E-state index contributed by atoms with van der Waals surface area (Å²) in [6.07, 6.45) is 0. The number of rotatable bonds is 6. The second-order valence-corrected chi connectivity index (χ2v) is 8.09. The summed E-state index contributed by atoms with van der Waals surface area (Å²) in [5, 5.41) is 2.74. The highest BCUT2D eigenvalue weighted by Gasteiger charge is 2.42. The number of imide groups is 1. The van der Waals surface area contributed by atoms with Crippen molar-refractivity contribution in [3.63, 3.8) is 0 Å². The summed E-state index contributed by atoms with van der Waals surface area (Å²) in [5.41, 5.74) is 3.16. The molecule has 7 heteroatoms. The van der Waals surface area contributed by atoms with Crippen LogP contribution in [0.5, 0.6) is 0 Å². The predicted molar refractivity (Wildman–Crippen MR) is 123 cm³/mol. The van der Waals surface area contributed by atoms with Crippen molar-refractivity contribution in [1.82, 2.24) is 14.7 Å². The third kappa shape index (κ3) is 4.43. The lowest BCUT2D eigenvalue weighted by molar-refractivity contribution is -0.138. The first-order valence-electron chi connectivity index (χ1n) is 11.0. The lowest BCUT2D eigenvalue weighted by Gasteiger charge is -2.36. The van der Waals surface area contributed by atoms with Gasteiger partial charge in [-0.1, -0.05) is 49.4 Å². The first kappa shape index (κ1) is 21.8. The second kappa shape index (κ2) is 9.36. The predicted octanol–water partition coefficient (Wildman–Crippen LogP) is 2.56. The highest BCUT2D eigenvalue weighted by molar-refractivity contribution is 6.35. The van der Waals surface area contributed by atoms with Crippen molar-refractivity contribution < 1.29 is 14.4 Å². The van der Waals surface area contributed by atoms with Crippen LogP contribution in [-0.2, 0) is 20.9 Å². The molecule has 2 aromatic rings. The molecule has 32 heavy (non-hydrogen) atoms. The quantitative estimate of drug-likeness (QED) is 0.711. The van der Waals surface area contributed by atoms with Crippen LogP contribution in [0.4, 0.5) is 5.69 Å². The van der Waals surface area contributed by atoms with Crippen molar-refractivity contribution in [3.8, 4) is 0 Å². The van der Waals surface area contributed by atoms with Crippen molar-refractivity contribution in [1.29, 1.82) is 0 Å². The van der Waals surface area contributed by atoms with Gasteiger partial charge in [0.2, 0.25) is 5.91 Å². The molecule has 2 aliphatic heterocycles. The minimum absolute atomic E-state index is 0.160. The fourth-order valence-electron chi connectivity index (χ4n) is 4.24. The Morgan fingerprint density at radius 3 is 2.16 bits per heavy atom. The normalized spacial score (nSPS) is 17.3. The Kier molecular flexibility index (Phi) is 6.37. The van der Waals surface area contributed by atoms with Gasteiger partial charge in [0.05, 0.1) is 12.1 Å². The van der Waals surface area contributed by atoms with Gasteiger partial charge in [-0.25, -0.2) is 0 Å². The fourth-order valence-corrected chi connectivity index (χ4v) is 4.24. The molecule has 0 bridgehead atoms. The Morgan fingerprint density at radius 2 is 1.56 bits per heavy atom. The van der Waals surface area contributed by atoms with Crippen molar-refractivity contribution in [2.45, 2.75) is 20.4 Å². The standard InChI is InChI=1S/C25H28N4O3/c1-3-27-13-15-28(16-14-27)23-22(20-9-11-21(12-10-20)26-18(2)30)24(31)29(25(23)32)17-19-7-5-4-6-8-19/h4-12H,3,13-17H2,1-2H3,(H,26,30). The molecule has 0 atom stereocenters. The van der Waals surface area contributed by atoms with Crippen molar-refractivity contribution in [3.05, 3.63) is 71.4 Å². The molecule has 2 aliphatic rings. The SMILES string of the molecule is CCN1CCN(C2=C(c3ccc(NC(C)=O)cc3)C(=O)N(Cc3ccccc3)C2=O)CC1. The van der Waals surface area contributed by atoms with E-state index in [1.165, 1.54) is 11.8 Å². The maximum absolute atomic E-state index is 13.5. The van der Waals surface area contributed by atoms with Gasteiger partial charge in [0.25, 0.3) is 11.8 Å². The van der Waals surface area contributed by atoms with Gasteiger partial charge >= 0.3 is 0 Å². The lowest BCUT2D eigenvalue weighted by atomic mass is 10.0. The van der Waals surface area contributed by atoms with E-state index < -0.39 is 0 Å². The number of piperazine rings is 1. The molecule has 1 fully saturated rings. The fraction of sp³-hybridized carbons (Fsp3) is 0.320. The minimum Gasteiger partial charge on any atom is -0.364 e. The summed E-state index contributed by atoms with van der Waals surface area (Å²) < 4.78 is 0. The first-order chi connectivity index (χ1) is 15.5. The first-order valence-corrected chi connectivity index (χ1v) is 11.0. The van der Waals surface area contributed by atoms with Crippen LogP contribution < -0.4 is 5.32 Å². The number of nitrogens with one attached hydrogen (secondary N) is 1.